The number of hydrogen-bond donors (Lipinski definition) is 0. The molecule has 0 saturated carbocycles. The molecule has 14 rings (SSSR count). The number of rotatable bonds is 7. The van der Waals surface area contributed by atoms with Crippen molar-refractivity contribution in [2.24, 2.45) is 0 Å². The van der Waals surface area contributed by atoms with Crippen LogP contribution in [0.5, 0.6) is 0 Å². The fraction of sp³-hybridized carbons (Fsp3) is 0. The Labute approximate surface area is 401 Å². The molecule has 0 bridgehead atoms. The van der Waals surface area contributed by atoms with Crippen LogP contribution in [0.3, 0.4) is 0 Å². The van der Waals surface area contributed by atoms with Gasteiger partial charge in [0.2, 0.25) is 0 Å². The molecule has 2 aromatic heterocycles. The van der Waals surface area contributed by atoms with Gasteiger partial charge in [-0.05, 0) is 101 Å². The second kappa shape index (κ2) is 15.7. The van der Waals surface area contributed by atoms with Gasteiger partial charge in [-0.3, -0.25) is 0 Å². The molecule has 69 heavy (non-hydrogen) atoms. The lowest BCUT2D eigenvalue weighted by Crippen LogP contribution is -2.74. The van der Waals surface area contributed by atoms with Gasteiger partial charge < -0.3 is 9.13 Å². The van der Waals surface area contributed by atoms with Crippen molar-refractivity contribution in [1.82, 2.24) is 9.13 Å². The topological polar surface area (TPSA) is 9.86 Å². The smallest absolute Gasteiger partial charge is 0.179 e. The zero-order valence-corrected chi connectivity index (χ0v) is 38.8. The third-order valence-electron chi connectivity index (χ3n) is 14.9. The van der Waals surface area contributed by atoms with E-state index >= 15 is 0 Å². The molecule has 14 aromatic rings. The minimum Gasteiger partial charge on any atom is -0.309 e. The highest BCUT2D eigenvalue weighted by molar-refractivity contribution is 7.19. The first-order chi connectivity index (χ1) is 34.3. The molecule has 12 aromatic carbocycles. The van der Waals surface area contributed by atoms with E-state index < -0.39 is 8.07 Å². The van der Waals surface area contributed by atoms with Gasteiger partial charge in [-0.2, -0.15) is 0 Å². The average Bonchev–Trinajstić information content (AvgIpc) is 3.95. The lowest BCUT2D eigenvalue weighted by atomic mass is 9.92. The fourth-order valence-corrected chi connectivity index (χ4v) is 16.6. The SMILES string of the molecule is c1ccc(-c2ccc([Si](c3ccccc3)(c3ccccc3)c3ccc(-n4c5cc(-n6c7ccccc7c7ccccc76)ccc5c5c6c7ccccc7c7ccccc7c6ccc54)cc3)cc2)cc1. The molecule has 0 radical (unpaired) electrons. The van der Waals surface area contributed by atoms with Gasteiger partial charge in [0.1, 0.15) is 0 Å². The second-order valence-electron chi connectivity index (χ2n) is 18.4. The molecule has 0 unspecified atom stereocenters. The number of para-hydroxylation sites is 2. The maximum Gasteiger partial charge on any atom is 0.179 e. The third kappa shape index (κ3) is 5.91. The van der Waals surface area contributed by atoms with Gasteiger partial charge in [-0.15, -0.1) is 0 Å². The van der Waals surface area contributed by atoms with Crippen LogP contribution in [0.15, 0.2) is 267 Å². The Morgan fingerprint density at radius 1 is 0.217 bits per heavy atom. The quantitative estimate of drug-likeness (QED) is 0.0857. The molecule has 0 atom stereocenters. The van der Waals surface area contributed by atoms with Crippen molar-refractivity contribution in [3.8, 4) is 22.5 Å². The summed E-state index contributed by atoms with van der Waals surface area (Å²) in [5.74, 6) is 0. The van der Waals surface area contributed by atoms with Gasteiger partial charge in [0.25, 0.3) is 0 Å². The van der Waals surface area contributed by atoms with Gasteiger partial charge in [-0.25, -0.2) is 0 Å². The Bertz CT molecular complexity index is 4140. The molecule has 0 amide bonds. The first-order valence-electron chi connectivity index (χ1n) is 23.9. The summed E-state index contributed by atoms with van der Waals surface area (Å²) in [7, 11) is -2.84. The van der Waals surface area contributed by atoms with E-state index in [4.69, 9.17) is 0 Å². The predicted octanol–water partition coefficient (Wildman–Crippen LogP) is 14.4. The molecule has 322 valence electrons. The Kier molecular flexibility index (Phi) is 8.95. The molecule has 0 aliphatic heterocycles. The van der Waals surface area contributed by atoms with Crippen LogP contribution < -0.4 is 20.7 Å². The Morgan fingerprint density at radius 3 is 1.19 bits per heavy atom. The summed E-state index contributed by atoms with van der Waals surface area (Å²) in [6, 6.07) is 99.6. The maximum atomic E-state index is 2.53. The van der Waals surface area contributed by atoms with E-state index in [9.17, 15) is 0 Å². The van der Waals surface area contributed by atoms with Gasteiger partial charge in [0.15, 0.2) is 8.07 Å². The van der Waals surface area contributed by atoms with Crippen molar-refractivity contribution < 1.29 is 0 Å². The lowest BCUT2D eigenvalue weighted by Gasteiger charge is -2.34. The predicted molar refractivity (Wildman–Crippen MR) is 297 cm³/mol. The lowest BCUT2D eigenvalue weighted by molar-refractivity contribution is 1.16. The van der Waals surface area contributed by atoms with Crippen molar-refractivity contribution >= 4 is 105 Å². The van der Waals surface area contributed by atoms with Crippen LogP contribution in [0.25, 0.3) is 98.4 Å². The van der Waals surface area contributed by atoms with E-state index in [1.165, 1.54) is 108 Å². The summed E-state index contributed by atoms with van der Waals surface area (Å²) in [5.41, 5.74) is 9.48. The van der Waals surface area contributed by atoms with Gasteiger partial charge >= 0.3 is 0 Å². The summed E-state index contributed by atoms with van der Waals surface area (Å²) in [6.07, 6.45) is 0. The standard InChI is InChI=1S/C66H44N2Si/c1-4-18-45(19-5-1)46-32-37-51(38-33-46)69(49-20-6-2-7-21-49,50-22-8-3-9-23-50)52-39-34-47(35-40-52)67-63-43-42-59-55-26-11-10-24-53(55)54-25-12-13-29-58(54)65(59)66(63)60-41-36-48(44-64(60)67)68-61-30-16-14-27-56(61)57-28-15-17-31-62(57)68/h1-44H. The van der Waals surface area contributed by atoms with E-state index in [0.717, 1.165) is 11.4 Å². The number of hydrogen-bond acceptors (Lipinski definition) is 0. The normalized spacial score (nSPS) is 12.1. The maximum absolute atomic E-state index is 2.84. The Hall–Kier alpha value is -8.76. The van der Waals surface area contributed by atoms with Crippen LogP contribution in [-0.2, 0) is 0 Å². The van der Waals surface area contributed by atoms with Gasteiger partial charge in [0.05, 0.1) is 22.1 Å². The van der Waals surface area contributed by atoms with Crippen LogP contribution >= 0.6 is 0 Å². The molecule has 2 heterocycles. The molecule has 0 saturated heterocycles. The zero-order chi connectivity index (χ0) is 45.5. The summed E-state index contributed by atoms with van der Waals surface area (Å²) >= 11 is 0. The number of benzene rings is 12. The van der Waals surface area contributed by atoms with Gasteiger partial charge in [-0.1, -0.05) is 224 Å². The number of nitrogens with zero attached hydrogens (tertiary/aromatic N) is 2. The van der Waals surface area contributed by atoms with E-state index in [1.807, 2.05) is 0 Å². The van der Waals surface area contributed by atoms with Crippen LogP contribution in [-0.4, -0.2) is 17.2 Å². The minimum absolute atomic E-state index is 1.13. The third-order valence-corrected chi connectivity index (χ3v) is 19.7. The highest BCUT2D eigenvalue weighted by Gasteiger charge is 2.41. The average molecular weight is 893 g/mol. The second-order valence-corrected chi connectivity index (χ2v) is 22.2. The molecule has 0 spiro atoms. The molecule has 0 aliphatic rings. The highest BCUT2D eigenvalue weighted by Crippen LogP contribution is 2.44. The molecule has 2 nitrogen and oxygen atoms in total. The summed E-state index contributed by atoms with van der Waals surface area (Å²) in [5, 5.41) is 18.1. The van der Waals surface area contributed by atoms with Crippen LogP contribution in [0.2, 0.25) is 0 Å². The van der Waals surface area contributed by atoms with Crippen LogP contribution in [0.1, 0.15) is 0 Å². The minimum atomic E-state index is -2.84. The van der Waals surface area contributed by atoms with E-state index in [-0.39, 0.29) is 0 Å². The first kappa shape index (κ1) is 39.4. The summed E-state index contributed by atoms with van der Waals surface area (Å²) in [6.45, 7) is 0. The first-order valence-corrected chi connectivity index (χ1v) is 25.9. The van der Waals surface area contributed by atoms with E-state index in [1.54, 1.807) is 0 Å². The number of fused-ring (bicyclic) bond motifs is 13. The van der Waals surface area contributed by atoms with Crippen molar-refractivity contribution in [2.75, 3.05) is 0 Å². The monoisotopic (exact) mass is 892 g/mol. The summed E-state index contributed by atoms with van der Waals surface area (Å²) in [4.78, 5) is 0. The van der Waals surface area contributed by atoms with Gasteiger partial charge in [0, 0.05) is 38.3 Å². The number of aromatic nitrogens is 2. The van der Waals surface area contributed by atoms with Crippen molar-refractivity contribution in [2.45, 2.75) is 0 Å². The van der Waals surface area contributed by atoms with E-state index in [2.05, 4.69) is 276 Å². The largest absolute Gasteiger partial charge is 0.309 e. The van der Waals surface area contributed by atoms with Crippen molar-refractivity contribution in [3.05, 3.63) is 267 Å². The molecule has 0 fully saturated rings. The van der Waals surface area contributed by atoms with Crippen molar-refractivity contribution in [3.63, 3.8) is 0 Å². The summed E-state index contributed by atoms with van der Waals surface area (Å²) < 4.78 is 4.97. The highest BCUT2D eigenvalue weighted by atomic mass is 28.3. The van der Waals surface area contributed by atoms with Crippen LogP contribution in [0, 0.1) is 0 Å². The molecular formula is C66H44N2Si. The zero-order valence-electron chi connectivity index (χ0n) is 37.8. The molecule has 3 heteroatoms. The van der Waals surface area contributed by atoms with E-state index in [0.29, 0.717) is 0 Å². The Balaban J connectivity index is 1.05. The Morgan fingerprint density at radius 2 is 0.609 bits per heavy atom. The molecule has 0 N–H and O–H groups in total. The molecule has 0 aliphatic carbocycles. The van der Waals surface area contributed by atoms with Crippen molar-refractivity contribution in [1.29, 1.82) is 0 Å². The molecular weight excluding hydrogens is 849 g/mol. The van der Waals surface area contributed by atoms with Crippen LogP contribution in [0.4, 0.5) is 0 Å². The fourth-order valence-electron chi connectivity index (χ4n) is 11.9.